The van der Waals surface area contributed by atoms with Crippen LogP contribution in [-0.4, -0.2) is 61.8 Å². The number of halogens is 1. The Morgan fingerprint density at radius 1 is 1.10 bits per heavy atom. The van der Waals surface area contributed by atoms with Crippen molar-refractivity contribution < 1.29 is 17.9 Å². The van der Waals surface area contributed by atoms with Gasteiger partial charge in [-0.3, -0.25) is 9.78 Å². The van der Waals surface area contributed by atoms with Gasteiger partial charge in [0.2, 0.25) is 10.0 Å². The first-order valence-corrected chi connectivity index (χ1v) is 11.6. The van der Waals surface area contributed by atoms with E-state index in [1.165, 1.54) is 11.4 Å². The van der Waals surface area contributed by atoms with Crippen molar-refractivity contribution in [2.45, 2.75) is 11.8 Å². The van der Waals surface area contributed by atoms with Crippen LogP contribution in [-0.2, 0) is 10.0 Å². The fourth-order valence-electron chi connectivity index (χ4n) is 3.74. The van der Waals surface area contributed by atoms with Crippen LogP contribution in [0.5, 0.6) is 5.75 Å². The Kier molecular flexibility index (Phi) is 5.88. The lowest BCUT2D eigenvalue weighted by Gasteiger charge is -2.34. The van der Waals surface area contributed by atoms with Crippen molar-refractivity contribution in [2.24, 2.45) is 0 Å². The highest BCUT2D eigenvalue weighted by atomic mass is 35.5. The molecule has 7 nitrogen and oxygen atoms in total. The summed E-state index contributed by atoms with van der Waals surface area (Å²) in [6.07, 6.45) is 1.66. The molecule has 4 rings (SSSR count). The molecule has 31 heavy (non-hydrogen) atoms. The van der Waals surface area contributed by atoms with Crippen LogP contribution in [0.25, 0.3) is 10.9 Å². The van der Waals surface area contributed by atoms with E-state index >= 15 is 0 Å². The first-order valence-electron chi connectivity index (χ1n) is 9.79. The highest BCUT2D eigenvalue weighted by molar-refractivity contribution is 7.89. The monoisotopic (exact) mass is 459 g/mol. The van der Waals surface area contributed by atoms with Crippen molar-refractivity contribution in [3.8, 4) is 5.75 Å². The molecule has 1 aliphatic rings. The maximum Gasteiger partial charge on any atom is 0.257 e. The average molecular weight is 460 g/mol. The molecule has 0 N–H and O–H groups in total. The zero-order chi connectivity index (χ0) is 22.2. The third-order valence-electron chi connectivity index (χ3n) is 5.35. The maximum atomic E-state index is 13.3. The van der Waals surface area contributed by atoms with Gasteiger partial charge in [-0.15, -0.1) is 0 Å². The first-order chi connectivity index (χ1) is 14.8. The number of piperazine rings is 1. The van der Waals surface area contributed by atoms with E-state index in [-0.39, 0.29) is 37.0 Å². The molecular weight excluding hydrogens is 438 g/mol. The SMILES string of the molecule is COc1ccc(Cl)cc1C(=O)N1CCN(S(=O)(=O)c2cccc3cc(C)cnc23)CC1. The smallest absolute Gasteiger partial charge is 0.257 e. The number of fused-ring (bicyclic) bond motifs is 1. The number of methoxy groups -OCH3 is 1. The number of pyridine rings is 1. The summed E-state index contributed by atoms with van der Waals surface area (Å²) in [6.45, 7) is 2.84. The summed E-state index contributed by atoms with van der Waals surface area (Å²) in [4.78, 5) is 19.1. The van der Waals surface area contributed by atoms with Gasteiger partial charge in [0.05, 0.1) is 18.2 Å². The van der Waals surface area contributed by atoms with E-state index in [1.807, 2.05) is 19.1 Å². The normalized spacial score (nSPS) is 15.3. The molecule has 2 aromatic carbocycles. The van der Waals surface area contributed by atoms with Gasteiger partial charge >= 0.3 is 0 Å². The van der Waals surface area contributed by atoms with Gasteiger partial charge in [-0.1, -0.05) is 23.7 Å². The highest BCUT2D eigenvalue weighted by Gasteiger charge is 2.32. The first kappa shape index (κ1) is 21.5. The minimum absolute atomic E-state index is 0.182. The predicted octanol–water partition coefficient (Wildman–Crippen LogP) is 3.35. The topological polar surface area (TPSA) is 79.8 Å². The number of ether oxygens (including phenoxy) is 1. The summed E-state index contributed by atoms with van der Waals surface area (Å²) in [6, 6.07) is 11.9. The van der Waals surface area contributed by atoms with Crippen molar-refractivity contribution in [1.82, 2.24) is 14.2 Å². The lowest BCUT2D eigenvalue weighted by Crippen LogP contribution is -2.50. The van der Waals surface area contributed by atoms with Gasteiger partial charge < -0.3 is 9.64 Å². The van der Waals surface area contributed by atoms with Crippen LogP contribution in [0.2, 0.25) is 5.02 Å². The third-order valence-corrected chi connectivity index (χ3v) is 7.51. The van der Waals surface area contributed by atoms with Crippen LogP contribution in [0.4, 0.5) is 0 Å². The van der Waals surface area contributed by atoms with E-state index in [0.717, 1.165) is 10.9 Å². The van der Waals surface area contributed by atoms with E-state index < -0.39 is 10.0 Å². The van der Waals surface area contributed by atoms with Gasteiger partial charge in [0, 0.05) is 42.8 Å². The number of amides is 1. The molecule has 0 aliphatic carbocycles. The summed E-state index contributed by atoms with van der Waals surface area (Å²) in [5.74, 6) is 0.195. The molecular formula is C22H22ClN3O4S. The summed E-state index contributed by atoms with van der Waals surface area (Å²) in [5.41, 5.74) is 1.78. The second-order valence-corrected chi connectivity index (χ2v) is 9.72. The molecule has 1 aromatic heterocycles. The van der Waals surface area contributed by atoms with E-state index in [9.17, 15) is 13.2 Å². The lowest BCUT2D eigenvalue weighted by atomic mass is 10.1. The number of carbonyl (C=O) groups excluding carboxylic acids is 1. The van der Waals surface area contributed by atoms with Crippen LogP contribution < -0.4 is 4.74 Å². The number of aryl methyl sites for hydroxylation is 1. The quantitative estimate of drug-likeness (QED) is 0.597. The summed E-state index contributed by atoms with van der Waals surface area (Å²) in [7, 11) is -2.26. The lowest BCUT2D eigenvalue weighted by molar-refractivity contribution is 0.0694. The number of benzene rings is 2. The standard InChI is InChI=1S/C22H22ClN3O4S/c1-15-12-16-4-3-5-20(21(16)24-14-15)31(28,29)26-10-8-25(9-11-26)22(27)18-13-17(23)6-7-19(18)30-2/h3-7,12-14H,8-11H2,1-2H3. The Balaban J connectivity index is 1.55. The molecule has 9 heteroatoms. The van der Waals surface area contributed by atoms with Crippen molar-refractivity contribution in [1.29, 1.82) is 0 Å². The van der Waals surface area contributed by atoms with Crippen LogP contribution in [0.15, 0.2) is 53.6 Å². The molecule has 0 unspecified atom stereocenters. The zero-order valence-electron chi connectivity index (χ0n) is 17.2. The maximum absolute atomic E-state index is 13.3. The number of para-hydroxylation sites is 1. The van der Waals surface area contributed by atoms with E-state index in [2.05, 4.69) is 4.98 Å². The molecule has 2 heterocycles. The molecule has 1 saturated heterocycles. The van der Waals surface area contributed by atoms with Gasteiger partial charge in [-0.2, -0.15) is 4.31 Å². The number of sulfonamides is 1. The molecule has 0 spiro atoms. The van der Waals surface area contributed by atoms with Gasteiger partial charge in [-0.05, 0) is 42.8 Å². The molecule has 0 bridgehead atoms. The molecule has 1 fully saturated rings. The zero-order valence-corrected chi connectivity index (χ0v) is 18.8. The number of aromatic nitrogens is 1. The van der Waals surface area contributed by atoms with Crippen molar-refractivity contribution >= 4 is 38.4 Å². The average Bonchev–Trinajstić information content (AvgIpc) is 2.78. The van der Waals surface area contributed by atoms with Crippen molar-refractivity contribution in [2.75, 3.05) is 33.3 Å². The Hall–Kier alpha value is -2.68. The highest BCUT2D eigenvalue weighted by Crippen LogP contribution is 2.27. The summed E-state index contributed by atoms with van der Waals surface area (Å²) >= 11 is 6.05. The fraction of sp³-hybridized carbons (Fsp3) is 0.273. The van der Waals surface area contributed by atoms with Crippen molar-refractivity contribution in [3.05, 3.63) is 64.8 Å². The molecule has 1 aliphatic heterocycles. The molecule has 0 radical (unpaired) electrons. The number of hydrogen-bond donors (Lipinski definition) is 0. The van der Waals surface area contributed by atoms with Gasteiger partial charge in [0.1, 0.15) is 10.6 Å². The second-order valence-electron chi connectivity index (χ2n) is 7.38. The number of nitrogens with zero attached hydrogens (tertiary/aromatic N) is 3. The van der Waals surface area contributed by atoms with Gasteiger partial charge in [0.15, 0.2) is 0 Å². The minimum Gasteiger partial charge on any atom is -0.496 e. The fourth-order valence-corrected chi connectivity index (χ4v) is 5.50. The Bertz CT molecular complexity index is 1250. The molecule has 1 amide bonds. The molecule has 0 saturated carbocycles. The number of rotatable bonds is 4. The van der Waals surface area contributed by atoms with Gasteiger partial charge in [-0.25, -0.2) is 8.42 Å². The van der Waals surface area contributed by atoms with Gasteiger partial charge in [0.25, 0.3) is 5.91 Å². The van der Waals surface area contributed by atoms with Crippen LogP contribution in [0, 0.1) is 6.92 Å². The van der Waals surface area contributed by atoms with Crippen LogP contribution in [0.3, 0.4) is 0 Å². The third kappa shape index (κ3) is 4.11. The molecule has 0 atom stereocenters. The van der Waals surface area contributed by atoms with E-state index in [0.29, 0.717) is 21.9 Å². The molecule has 3 aromatic rings. The number of carbonyl (C=O) groups is 1. The largest absolute Gasteiger partial charge is 0.496 e. The Morgan fingerprint density at radius 3 is 2.55 bits per heavy atom. The van der Waals surface area contributed by atoms with Crippen molar-refractivity contribution in [3.63, 3.8) is 0 Å². The molecule has 162 valence electrons. The second kappa shape index (κ2) is 8.45. The summed E-state index contributed by atoms with van der Waals surface area (Å²) in [5, 5.41) is 1.21. The van der Waals surface area contributed by atoms with Crippen LogP contribution in [0.1, 0.15) is 15.9 Å². The van der Waals surface area contributed by atoms with Crippen LogP contribution >= 0.6 is 11.6 Å². The van der Waals surface area contributed by atoms with E-state index in [1.54, 1.807) is 41.4 Å². The summed E-state index contributed by atoms with van der Waals surface area (Å²) < 4.78 is 33.3. The predicted molar refractivity (Wildman–Crippen MR) is 119 cm³/mol. The minimum atomic E-state index is -3.75. The number of hydrogen-bond acceptors (Lipinski definition) is 5. The Morgan fingerprint density at radius 2 is 1.84 bits per heavy atom. The van der Waals surface area contributed by atoms with E-state index in [4.69, 9.17) is 16.3 Å². The Labute approximate surface area is 186 Å².